The summed E-state index contributed by atoms with van der Waals surface area (Å²) < 4.78 is 7.92. The molecular weight excluding hydrogens is 416 g/mol. The summed E-state index contributed by atoms with van der Waals surface area (Å²) in [5.41, 5.74) is 0.546. The molecule has 31 heavy (non-hydrogen) atoms. The van der Waals surface area contributed by atoms with Crippen LogP contribution in [-0.4, -0.2) is 32.6 Å². The second-order valence-electron chi connectivity index (χ2n) is 7.31. The fourth-order valence-corrected chi connectivity index (χ4v) is 5.06. The molecule has 0 radical (unpaired) electrons. The van der Waals surface area contributed by atoms with Crippen molar-refractivity contribution in [2.75, 3.05) is 13.2 Å². The van der Waals surface area contributed by atoms with Crippen LogP contribution < -0.4 is 11.2 Å². The van der Waals surface area contributed by atoms with Crippen LogP contribution in [0.25, 0.3) is 21.0 Å². The highest BCUT2D eigenvalue weighted by molar-refractivity contribution is 7.19. The smallest absolute Gasteiger partial charge is 0.332 e. The minimum absolute atomic E-state index is 0.0933. The SMILES string of the molecule is CCOC(O)c1sc2c(c1C)c(=O)n(CCO)c(=O)n2Cc1ccc2ccccc2c1. The number of aryl methyl sites for hydroxylation is 1. The lowest BCUT2D eigenvalue weighted by Crippen LogP contribution is -2.40. The molecule has 2 aromatic carbocycles. The number of aliphatic hydroxyl groups excluding tert-OH is 2. The van der Waals surface area contributed by atoms with Crippen LogP contribution in [0.3, 0.4) is 0 Å². The van der Waals surface area contributed by atoms with E-state index in [9.17, 15) is 19.8 Å². The van der Waals surface area contributed by atoms with Gasteiger partial charge in [-0.05, 0) is 41.8 Å². The Balaban J connectivity index is 1.94. The molecule has 0 saturated carbocycles. The summed E-state index contributed by atoms with van der Waals surface area (Å²) in [5.74, 6) is 0. The Hall–Kier alpha value is -2.78. The number of hydrogen-bond acceptors (Lipinski definition) is 6. The maximum atomic E-state index is 13.2. The highest BCUT2D eigenvalue weighted by atomic mass is 32.1. The van der Waals surface area contributed by atoms with E-state index in [1.807, 2.05) is 42.5 Å². The van der Waals surface area contributed by atoms with Crippen molar-refractivity contribution in [3.05, 3.63) is 79.3 Å². The quantitative estimate of drug-likeness (QED) is 0.431. The summed E-state index contributed by atoms with van der Waals surface area (Å²) in [4.78, 5) is 27.3. The van der Waals surface area contributed by atoms with Gasteiger partial charge in [0.05, 0.1) is 30.0 Å². The lowest BCUT2D eigenvalue weighted by Gasteiger charge is -2.12. The van der Waals surface area contributed by atoms with Gasteiger partial charge >= 0.3 is 5.69 Å². The molecule has 0 aliphatic heterocycles. The van der Waals surface area contributed by atoms with Gasteiger partial charge in [0, 0.05) is 6.61 Å². The average Bonchev–Trinajstić information content (AvgIpc) is 3.11. The molecule has 8 heteroatoms. The molecule has 2 N–H and O–H groups in total. The van der Waals surface area contributed by atoms with Crippen molar-refractivity contribution < 1.29 is 14.9 Å². The summed E-state index contributed by atoms with van der Waals surface area (Å²) in [6.07, 6.45) is -1.17. The first kappa shape index (κ1) is 21.5. The molecule has 2 aromatic heterocycles. The Morgan fingerprint density at radius 3 is 2.55 bits per heavy atom. The Morgan fingerprint density at radius 1 is 1.10 bits per heavy atom. The fourth-order valence-electron chi connectivity index (χ4n) is 3.84. The lowest BCUT2D eigenvalue weighted by molar-refractivity contribution is -0.0958. The number of benzene rings is 2. The van der Waals surface area contributed by atoms with E-state index in [2.05, 4.69) is 0 Å². The molecule has 2 heterocycles. The summed E-state index contributed by atoms with van der Waals surface area (Å²) in [5, 5.41) is 22.3. The van der Waals surface area contributed by atoms with Gasteiger partial charge in [0.25, 0.3) is 5.56 Å². The Morgan fingerprint density at radius 2 is 1.84 bits per heavy atom. The number of aliphatic hydroxyl groups is 2. The molecule has 0 aliphatic rings. The third kappa shape index (κ3) is 3.83. The molecule has 4 aromatic rings. The number of ether oxygens (including phenoxy) is 1. The predicted octanol–water partition coefficient (Wildman–Crippen LogP) is 2.75. The van der Waals surface area contributed by atoms with Crippen molar-refractivity contribution in [3.63, 3.8) is 0 Å². The van der Waals surface area contributed by atoms with Crippen molar-refractivity contribution in [2.45, 2.75) is 33.2 Å². The van der Waals surface area contributed by atoms with E-state index >= 15 is 0 Å². The van der Waals surface area contributed by atoms with Crippen LogP contribution in [0, 0.1) is 6.92 Å². The second-order valence-corrected chi connectivity index (χ2v) is 8.34. The zero-order valence-corrected chi connectivity index (χ0v) is 18.2. The number of aromatic nitrogens is 2. The van der Waals surface area contributed by atoms with E-state index in [1.54, 1.807) is 13.8 Å². The van der Waals surface area contributed by atoms with Crippen molar-refractivity contribution in [3.8, 4) is 0 Å². The van der Waals surface area contributed by atoms with Gasteiger partial charge in [-0.25, -0.2) is 4.79 Å². The molecule has 0 fully saturated rings. The first-order chi connectivity index (χ1) is 15.0. The fraction of sp³-hybridized carbons (Fsp3) is 0.304. The van der Waals surface area contributed by atoms with E-state index in [0.29, 0.717) is 27.3 Å². The molecule has 162 valence electrons. The van der Waals surface area contributed by atoms with E-state index in [0.717, 1.165) is 20.9 Å². The van der Waals surface area contributed by atoms with E-state index in [4.69, 9.17) is 4.74 Å². The van der Waals surface area contributed by atoms with Gasteiger partial charge in [0.15, 0.2) is 6.29 Å². The van der Waals surface area contributed by atoms with Gasteiger partial charge in [0.1, 0.15) is 4.83 Å². The number of nitrogens with zero attached hydrogens (tertiary/aromatic N) is 2. The molecule has 0 spiro atoms. The maximum absolute atomic E-state index is 13.2. The molecule has 0 bridgehead atoms. The Bertz CT molecular complexity index is 1370. The van der Waals surface area contributed by atoms with Crippen molar-refractivity contribution in [1.82, 2.24) is 9.13 Å². The minimum Gasteiger partial charge on any atom is -0.395 e. The number of fused-ring (bicyclic) bond motifs is 2. The topological polar surface area (TPSA) is 93.7 Å². The van der Waals surface area contributed by atoms with Crippen LogP contribution in [0.1, 0.15) is 29.2 Å². The van der Waals surface area contributed by atoms with Gasteiger partial charge in [-0.2, -0.15) is 0 Å². The predicted molar refractivity (Wildman–Crippen MR) is 122 cm³/mol. The van der Waals surface area contributed by atoms with Crippen LogP contribution in [0.15, 0.2) is 52.1 Å². The van der Waals surface area contributed by atoms with Gasteiger partial charge in [-0.3, -0.25) is 13.9 Å². The molecule has 0 amide bonds. The third-order valence-corrected chi connectivity index (χ3v) is 6.70. The summed E-state index contributed by atoms with van der Waals surface area (Å²) in [6, 6.07) is 13.9. The van der Waals surface area contributed by atoms with Gasteiger partial charge in [-0.15, -0.1) is 11.3 Å². The van der Waals surface area contributed by atoms with Gasteiger partial charge in [-0.1, -0.05) is 36.4 Å². The van der Waals surface area contributed by atoms with Crippen molar-refractivity contribution >= 4 is 32.3 Å². The first-order valence-electron chi connectivity index (χ1n) is 10.1. The van der Waals surface area contributed by atoms with E-state index in [-0.39, 0.29) is 19.7 Å². The Labute approximate surface area is 182 Å². The monoisotopic (exact) mass is 440 g/mol. The number of hydrogen-bond donors (Lipinski definition) is 2. The van der Waals surface area contributed by atoms with E-state index in [1.165, 1.54) is 15.9 Å². The zero-order chi connectivity index (χ0) is 22.1. The minimum atomic E-state index is -1.17. The molecule has 0 saturated heterocycles. The first-order valence-corrected chi connectivity index (χ1v) is 10.9. The van der Waals surface area contributed by atoms with Crippen LogP contribution >= 0.6 is 11.3 Å². The molecular formula is C23H24N2O5S. The normalized spacial score (nSPS) is 12.6. The lowest BCUT2D eigenvalue weighted by atomic mass is 10.1. The van der Waals surface area contributed by atoms with Crippen molar-refractivity contribution in [2.24, 2.45) is 0 Å². The standard InChI is InChI=1S/C23H24N2O5S/c1-3-30-22(28)19-14(2)18-20(27)24(10-11-26)23(29)25(21(18)31-19)13-15-8-9-16-6-4-5-7-17(16)12-15/h4-9,12,22,26,28H,3,10-11,13H2,1-2H3. The highest BCUT2D eigenvalue weighted by Crippen LogP contribution is 2.33. The van der Waals surface area contributed by atoms with Crippen LogP contribution in [0.2, 0.25) is 0 Å². The van der Waals surface area contributed by atoms with E-state index < -0.39 is 17.5 Å². The molecule has 1 unspecified atom stereocenters. The maximum Gasteiger partial charge on any atom is 0.332 e. The highest BCUT2D eigenvalue weighted by Gasteiger charge is 2.23. The number of rotatable bonds is 7. The van der Waals surface area contributed by atoms with Crippen LogP contribution in [-0.2, 0) is 17.8 Å². The van der Waals surface area contributed by atoms with Crippen LogP contribution in [0.4, 0.5) is 0 Å². The molecule has 0 aliphatic carbocycles. The van der Waals surface area contributed by atoms with Crippen molar-refractivity contribution in [1.29, 1.82) is 0 Å². The molecule has 7 nitrogen and oxygen atoms in total. The summed E-state index contributed by atoms with van der Waals surface area (Å²) in [7, 11) is 0. The Kier molecular flexibility index (Phi) is 6.06. The van der Waals surface area contributed by atoms with Gasteiger partial charge in [0.2, 0.25) is 0 Å². The molecule has 1 atom stereocenters. The third-order valence-electron chi connectivity index (χ3n) is 5.36. The van der Waals surface area contributed by atoms with Crippen LogP contribution in [0.5, 0.6) is 0 Å². The summed E-state index contributed by atoms with van der Waals surface area (Å²) in [6.45, 7) is 3.67. The molecule has 4 rings (SSSR count). The summed E-state index contributed by atoms with van der Waals surface area (Å²) >= 11 is 1.19. The zero-order valence-electron chi connectivity index (χ0n) is 17.4. The second kappa shape index (κ2) is 8.76. The number of thiophene rings is 1. The largest absolute Gasteiger partial charge is 0.395 e. The van der Waals surface area contributed by atoms with Gasteiger partial charge < -0.3 is 14.9 Å². The average molecular weight is 441 g/mol.